The van der Waals surface area contributed by atoms with Crippen LogP contribution in [0.15, 0.2) is 11.4 Å². The van der Waals surface area contributed by atoms with Gasteiger partial charge < -0.3 is 5.32 Å². The molecule has 1 aromatic rings. The van der Waals surface area contributed by atoms with Gasteiger partial charge in [0.2, 0.25) is 0 Å². The van der Waals surface area contributed by atoms with Gasteiger partial charge in [0.25, 0.3) is 0 Å². The fourth-order valence-corrected chi connectivity index (χ4v) is 4.30. The molecule has 0 bridgehead atoms. The third-order valence-corrected chi connectivity index (χ3v) is 5.29. The molecule has 17 heavy (non-hydrogen) atoms. The van der Waals surface area contributed by atoms with Crippen molar-refractivity contribution in [3.05, 3.63) is 21.3 Å². The van der Waals surface area contributed by atoms with Crippen molar-refractivity contribution >= 4 is 22.9 Å². The molecular formula is C14H22ClNS. The lowest BCUT2D eigenvalue weighted by atomic mass is 9.86. The predicted octanol–water partition coefficient (Wildman–Crippen LogP) is 4.67. The third kappa shape index (κ3) is 3.46. The number of thiophene rings is 1. The molecule has 0 aliphatic heterocycles. The van der Waals surface area contributed by atoms with Crippen molar-refractivity contribution in [1.29, 1.82) is 0 Å². The molecule has 1 saturated carbocycles. The Morgan fingerprint density at radius 1 is 1.35 bits per heavy atom. The van der Waals surface area contributed by atoms with E-state index in [0.29, 0.717) is 5.92 Å². The maximum atomic E-state index is 6.32. The first-order valence-corrected chi connectivity index (χ1v) is 8.02. The van der Waals surface area contributed by atoms with Crippen LogP contribution >= 0.6 is 22.9 Å². The van der Waals surface area contributed by atoms with Crippen LogP contribution in [0.2, 0.25) is 5.02 Å². The van der Waals surface area contributed by atoms with Crippen LogP contribution in [0.4, 0.5) is 0 Å². The number of rotatable bonds is 4. The van der Waals surface area contributed by atoms with Gasteiger partial charge in [-0.2, -0.15) is 0 Å². The van der Waals surface area contributed by atoms with Crippen molar-refractivity contribution in [2.75, 3.05) is 13.1 Å². The molecule has 0 aromatic carbocycles. The molecule has 1 heterocycles. The van der Waals surface area contributed by atoms with Gasteiger partial charge in [-0.3, -0.25) is 0 Å². The zero-order valence-electron chi connectivity index (χ0n) is 10.5. The van der Waals surface area contributed by atoms with Crippen molar-refractivity contribution < 1.29 is 0 Å². The van der Waals surface area contributed by atoms with Gasteiger partial charge in [0.05, 0.1) is 5.02 Å². The Hall–Kier alpha value is -0.0500. The second-order valence-electron chi connectivity index (χ2n) is 4.95. The molecule has 1 aromatic heterocycles. The highest BCUT2D eigenvalue weighted by atomic mass is 35.5. The second kappa shape index (κ2) is 6.77. The van der Waals surface area contributed by atoms with Crippen molar-refractivity contribution in [2.45, 2.75) is 44.9 Å². The molecule has 2 atom stereocenters. The molecule has 0 saturated heterocycles. The molecule has 0 amide bonds. The van der Waals surface area contributed by atoms with Crippen LogP contribution in [-0.4, -0.2) is 13.1 Å². The first-order chi connectivity index (χ1) is 8.33. The van der Waals surface area contributed by atoms with Crippen LogP contribution in [0.25, 0.3) is 0 Å². The molecule has 1 aliphatic carbocycles. The van der Waals surface area contributed by atoms with Crippen LogP contribution < -0.4 is 5.32 Å². The minimum atomic E-state index is 0.684. The molecule has 1 fully saturated rings. The van der Waals surface area contributed by atoms with E-state index in [9.17, 15) is 0 Å². The summed E-state index contributed by atoms with van der Waals surface area (Å²) in [7, 11) is 0. The van der Waals surface area contributed by atoms with E-state index in [4.69, 9.17) is 11.6 Å². The number of nitrogens with one attached hydrogen (secondary N) is 1. The molecule has 1 nitrogen and oxygen atoms in total. The average Bonchev–Trinajstić information content (AvgIpc) is 2.63. The van der Waals surface area contributed by atoms with Crippen LogP contribution in [0.1, 0.15) is 49.8 Å². The van der Waals surface area contributed by atoms with Gasteiger partial charge in [-0.15, -0.1) is 11.3 Å². The monoisotopic (exact) mass is 271 g/mol. The van der Waals surface area contributed by atoms with E-state index in [1.807, 2.05) is 11.3 Å². The summed E-state index contributed by atoms with van der Waals surface area (Å²) in [5.74, 6) is 1.46. The van der Waals surface area contributed by atoms with Crippen LogP contribution in [0.5, 0.6) is 0 Å². The first-order valence-electron chi connectivity index (χ1n) is 6.76. The normalized spacial score (nSPS) is 25.8. The van der Waals surface area contributed by atoms with Gasteiger partial charge in [0.1, 0.15) is 0 Å². The maximum Gasteiger partial charge on any atom is 0.0547 e. The average molecular weight is 272 g/mol. The topological polar surface area (TPSA) is 12.0 Å². The van der Waals surface area contributed by atoms with Crippen molar-refractivity contribution in [1.82, 2.24) is 5.32 Å². The summed E-state index contributed by atoms with van der Waals surface area (Å²) in [6.07, 6.45) is 6.81. The molecule has 96 valence electrons. The molecule has 1 N–H and O–H groups in total. The quantitative estimate of drug-likeness (QED) is 0.785. The smallest absolute Gasteiger partial charge is 0.0547 e. The lowest BCUT2D eigenvalue weighted by molar-refractivity contribution is 0.383. The van der Waals surface area contributed by atoms with E-state index in [1.54, 1.807) is 0 Å². The summed E-state index contributed by atoms with van der Waals surface area (Å²) in [5.41, 5.74) is 0. The SMILES string of the molecule is CCNCC1CCCCCC1c1sccc1Cl. The van der Waals surface area contributed by atoms with Crippen molar-refractivity contribution in [2.24, 2.45) is 5.92 Å². The fourth-order valence-electron chi connectivity index (χ4n) is 2.87. The molecule has 1 aliphatic rings. The molecule has 2 rings (SSSR count). The standard InChI is InChI=1S/C14H22ClNS/c1-2-16-10-11-6-4-3-5-7-12(11)14-13(15)8-9-17-14/h8-9,11-12,16H,2-7,10H2,1H3. The van der Waals surface area contributed by atoms with Crippen LogP contribution in [0, 0.1) is 5.92 Å². The Kier molecular flexibility index (Phi) is 5.33. The van der Waals surface area contributed by atoms with Gasteiger partial charge in [-0.1, -0.05) is 37.8 Å². The Labute approximate surface area is 114 Å². The summed E-state index contributed by atoms with van der Waals surface area (Å²) >= 11 is 8.16. The van der Waals surface area contributed by atoms with Gasteiger partial charge >= 0.3 is 0 Å². The van der Waals surface area contributed by atoms with Crippen LogP contribution in [-0.2, 0) is 0 Å². The summed E-state index contributed by atoms with van der Waals surface area (Å²) in [5, 5.41) is 6.64. The van der Waals surface area contributed by atoms with E-state index < -0.39 is 0 Å². The Morgan fingerprint density at radius 3 is 2.88 bits per heavy atom. The summed E-state index contributed by atoms with van der Waals surface area (Å²) in [4.78, 5) is 1.43. The number of hydrogen-bond donors (Lipinski definition) is 1. The highest BCUT2D eigenvalue weighted by Crippen LogP contribution is 2.41. The van der Waals surface area contributed by atoms with Crippen molar-refractivity contribution in [3.8, 4) is 0 Å². The van der Waals surface area contributed by atoms with E-state index in [1.165, 1.54) is 37.0 Å². The second-order valence-corrected chi connectivity index (χ2v) is 6.30. The predicted molar refractivity (Wildman–Crippen MR) is 77.2 cm³/mol. The maximum absolute atomic E-state index is 6.32. The minimum Gasteiger partial charge on any atom is -0.317 e. The largest absolute Gasteiger partial charge is 0.317 e. The Bertz CT molecular complexity index is 337. The minimum absolute atomic E-state index is 0.684. The summed E-state index contributed by atoms with van der Waals surface area (Å²) in [6.45, 7) is 4.40. The molecule has 2 unspecified atom stereocenters. The molecule has 3 heteroatoms. The molecular weight excluding hydrogens is 250 g/mol. The lowest BCUT2D eigenvalue weighted by Gasteiger charge is -2.25. The zero-order valence-corrected chi connectivity index (χ0v) is 12.1. The summed E-state index contributed by atoms with van der Waals surface area (Å²) in [6, 6.07) is 2.05. The highest BCUT2D eigenvalue weighted by molar-refractivity contribution is 7.10. The van der Waals surface area contributed by atoms with Gasteiger partial charge in [0.15, 0.2) is 0 Å². The highest BCUT2D eigenvalue weighted by Gasteiger charge is 2.27. The van der Waals surface area contributed by atoms with E-state index in [2.05, 4.69) is 23.7 Å². The number of halogens is 1. The van der Waals surface area contributed by atoms with Gasteiger partial charge in [-0.05, 0) is 49.2 Å². The summed E-state index contributed by atoms with van der Waals surface area (Å²) < 4.78 is 0. The van der Waals surface area contributed by atoms with E-state index in [-0.39, 0.29) is 0 Å². The van der Waals surface area contributed by atoms with Crippen molar-refractivity contribution in [3.63, 3.8) is 0 Å². The molecule has 0 radical (unpaired) electrons. The van der Waals surface area contributed by atoms with Gasteiger partial charge in [-0.25, -0.2) is 0 Å². The zero-order chi connectivity index (χ0) is 12.1. The Balaban J connectivity index is 2.11. The van der Waals surface area contributed by atoms with Gasteiger partial charge in [0, 0.05) is 4.88 Å². The third-order valence-electron chi connectivity index (χ3n) is 3.80. The molecule has 0 spiro atoms. The van der Waals surface area contributed by atoms with Crippen LogP contribution in [0.3, 0.4) is 0 Å². The first kappa shape index (κ1) is 13.4. The fraction of sp³-hybridized carbons (Fsp3) is 0.714. The number of hydrogen-bond acceptors (Lipinski definition) is 2. The van der Waals surface area contributed by atoms with E-state index in [0.717, 1.165) is 24.0 Å². The van der Waals surface area contributed by atoms with E-state index >= 15 is 0 Å². The lowest BCUT2D eigenvalue weighted by Crippen LogP contribution is -2.26. The Morgan fingerprint density at radius 2 is 2.18 bits per heavy atom.